The summed E-state index contributed by atoms with van der Waals surface area (Å²) in [6.07, 6.45) is 11.1. The van der Waals surface area contributed by atoms with E-state index in [1.54, 1.807) is 18.3 Å². The molecule has 0 aliphatic rings. The zero-order chi connectivity index (χ0) is 12.1. The summed E-state index contributed by atoms with van der Waals surface area (Å²) in [5, 5.41) is 12.0. The van der Waals surface area contributed by atoms with Crippen LogP contribution in [0.3, 0.4) is 0 Å². The zero-order valence-electron chi connectivity index (χ0n) is 8.13. The third-order valence-corrected chi connectivity index (χ3v) is 2.63. The molecule has 0 fully saturated rings. The molecule has 5 heteroatoms. The van der Waals surface area contributed by atoms with Gasteiger partial charge in [0.15, 0.2) is 0 Å². The van der Waals surface area contributed by atoms with Gasteiger partial charge in [-0.3, -0.25) is 15.1 Å². The number of fused-ring (bicyclic) bond motifs is 1. The molecule has 0 atom stereocenters. The summed E-state index contributed by atoms with van der Waals surface area (Å²) >= 11 is 3.33. The Bertz CT molecular complexity index is 552. The number of non-ortho nitro benzene ring substituents is 1. The van der Waals surface area contributed by atoms with Crippen molar-refractivity contribution in [2.45, 2.75) is 0 Å². The molecule has 0 saturated heterocycles. The number of rotatable bonds is 1. The number of benzene rings is 1. The second-order valence-electron chi connectivity index (χ2n) is 2.74. The molecule has 4 nitrogen and oxygen atoms in total. The van der Waals surface area contributed by atoms with Crippen LogP contribution in [-0.2, 0) is 0 Å². The van der Waals surface area contributed by atoms with Crippen LogP contribution in [0.4, 0.5) is 5.69 Å². The Labute approximate surface area is 101 Å². The molecule has 0 bridgehead atoms. The summed E-state index contributed by atoms with van der Waals surface area (Å²) in [5.41, 5.74) is 0.0799. The van der Waals surface area contributed by atoms with E-state index in [9.17, 15) is 10.1 Å². The lowest BCUT2D eigenvalue weighted by Crippen LogP contribution is -1.90. The lowest BCUT2D eigenvalue weighted by Gasteiger charge is -2.00. The van der Waals surface area contributed by atoms with Gasteiger partial charge in [-0.25, -0.2) is 0 Å². The number of nitro groups is 1. The summed E-state index contributed by atoms with van der Waals surface area (Å²) in [5.74, 6) is 0. The van der Waals surface area contributed by atoms with Crippen molar-refractivity contribution in [3.63, 3.8) is 0 Å². The van der Waals surface area contributed by atoms with E-state index in [-0.39, 0.29) is 5.69 Å². The maximum atomic E-state index is 10.7. The number of hydrogen-bond donors (Lipinski definition) is 0. The van der Waals surface area contributed by atoms with Crippen LogP contribution in [0.15, 0.2) is 35.1 Å². The van der Waals surface area contributed by atoms with Gasteiger partial charge in [0.1, 0.15) is 0 Å². The van der Waals surface area contributed by atoms with E-state index in [1.165, 1.54) is 12.3 Å². The second-order valence-corrected chi connectivity index (χ2v) is 3.60. The average molecular weight is 279 g/mol. The second kappa shape index (κ2) is 5.24. The summed E-state index contributed by atoms with van der Waals surface area (Å²) < 4.78 is 0.834. The molecule has 80 valence electrons. The van der Waals surface area contributed by atoms with E-state index < -0.39 is 4.92 Å². The van der Waals surface area contributed by atoms with Crippen molar-refractivity contribution in [3.05, 3.63) is 45.2 Å². The maximum Gasteiger partial charge on any atom is 0.278 e. The van der Waals surface area contributed by atoms with Crippen LogP contribution in [-0.4, -0.2) is 9.91 Å². The number of hydrogen-bond acceptors (Lipinski definition) is 3. The first-order chi connectivity index (χ1) is 7.70. The predicted molar refractivity (Wildman–Crippen MR) is 66.0 cm³/mol. The highest BCUT2D eigenvalue weighted by molar-refractivity contribution is 9.10. The van der Waals surface area contributed by atoms with Crippen LogP contribution in [0.5, 0.6) is 0 Å². The molecule has 0 N–H and O–H groups in total. The highest BCUT2D eigenvalue weighted by Gasteiger charge is 2.12. The van der Waals surface area contributed by atoms with E-state index in [0.29, 0.717) is 5.39 Å². The van der Waals surface area contributed by atoms with Crippen LogP contribution >= 0.6 is 15.9 Å². The number of terminal acetylenes is 1. The fourth-order valence-electron chi connectivity index (χ4n) is 1.30. The van der Waals surface area contributed by atoms with Crippen molar-refractivity contribution in [2.75, 3.05) is 0 Å². The molecule has 16 heavy (non-hydrogen) atoms. The molecule has 0 radical (unpaired) electrons. The molecule has 0 spiro atoms. The SMILES string of the molecule is C#C.O=[N+]([O-])c1ccc(Br)c2ccncc12. The van der Waals surface area contributed by atoms with Crippen LogP contribution in [0, 0.1) is 23.0 Å². The van der Waals surface area contributed by atoms with Gasteiger partial charge < -0.3 is 0 Å². The first-order valence-corrected chi connectivity index (χ1v) is 4.99. The fourth-order valence-corrected chi connectivity index (χ4v) is 1.78. The van der Waals surface area contributed by atoms with Gasteiger partial charge in [0.05, 0.1) is 10.3 Å². The van der Waals surface area contributed by atoms with E-state index in [0.717, 1.165) is 9.86 Å². The largest absolute Gasteiger partial charge is 0.278 e. The van der Waals surface area contributed by atoms with Crippen LogP contribution in [0.25, 0.3) is 10.8 Å². The Morgan fingerprint density at radius 2 is 1.94 bits per heavy atom. The molecule has 1 aromatic carbocycles. The molecule has 0 unspecified atom stereocenters. The Morgan fingerprint density at radius 1 is 1.25 bits per heavy atom. The number of nitro benzene ring substituents is 1. The summed E-state index contributed by atoms with van der Waals surface area (Å²) in [4.78, 5) is 14.2. The lowest BCUT2D eigenvalue weighted by atomic mass is 10.1. The van der Waals surface area contributed by atoms with Gasteiger partial charge in [-0.05, 0) is 12.1 Å². The van der Waals surface area contributed by atoms with Gasteiger partial charge in [0, 0.05) is 28.3 Å². The van der Waals surface area contributed by atoms with Crippen molar-refractivity contribution in [1.29, 1.82) is 0 Å². The highest BCUT2D eigenvalue weighted by Crippen LogP contribution is 2.30. The third-order valence-electron chi connectivity index (χ3n) is 1.94. The Hall–Kier alpha value is -1.93. The van der Waals surface area contributed by atoms with Crippen molar-refractivity contribution < 1.29 is 4.92 Å². The molecule has 1 aromatic heterocycles. The fraction of sp³-hybridized carbons (Fsp3) is 0. The minimum atomic E-state index is -0.406. The van der Waals surface area contributed by atoms with Crippen molar-refractivity contribution in [3.8, 4) is 12.8 Å². The van der Waals surface area contributed by atoms with Gasteiger partial charge in [0.25, 0.3) is 5.69 Å². The Kier molecular flexibility index (Phi) is 3.97. The van der Waals surface area contributed by atoms with E-state index >= 15 is 0 Å². The maximum absolute atomic E-state index is 10.7. The van der Waals surface area contributed by atoms with Gasteiger partial charge in [-0.2, -0.15) is 0 Å². The van der Waals surface area contributed by atoms with Crippen LogP contribution in [0.1, 0.15) is 0 Å². The Morgan fingerprint density at radius 3 is 2.56 bits per heavy atom. The minimum absolute atomic E-state index is 0.0799. The van der Waals surface area contributed by atoms with Gasteiger partial charge in [-0.1, -0.05) is 15.9 Å². The van der Waals surface area contributed by atoms with Crippen molar-refractivity contribution >= 4 is 32.4 Å². The monoisotopic (exact) mass is 278 g/mol. The molecule has 2 aromatic rings. The molecule has 0 amide bonds. The van der Waals surface area contributed by atoms with Crippen molar-refractivity contribution in [2.24, 2.45) is 0 Å². The zero-order valence-corrected chi connectivity index (χ0v) is 9.72. The normalized spacial score (nSPS) is 9.19. The topological polar surface area (TPSA) is 56.0 Å². The van der Waals surface area contributed by atoms with Gasteiger partial charge in [0.2, 0.25) is 0 Å². The summed E-state index contributed by atoms with van der Waals surface area (Å²) in [6, 6.07) is 4.88. The van der Waals surface area contributed by atoms with Crippen LogP contribution < -0.4 is 0 Å². The summed E-state index contributed by atoms with van der Waals surface area (Å²) in [7, 11) is 0. The van der Waals surface area contributed by atoms with Crippen molar-refractivity contribution in [1.82, 2.24) is 4.98 Å². The van der Waals surface area contributed by atoms with Gasteiger partial charge >= 0.3 is 0 Å². The highest BCUT2D eigenvalue weighted by atomic mass is 79.9. The molecule has 0 saturated carbocycles. The molecule has 0 aliphatic carbocycles. The molecule has 2 rings (SSSR count). The number of aromatic nitrogens is 1. The lowest BCUT2D eigenvalue weighted by molar-refractivity contribution is -0.383. The van der Waals surface area contributed by atoms with E-state index in [4.69, 9.17) is 0 Å². The van der Waals surface area contributed by atoms with E-state index in [2.05, 4.69) is 33.8 Å². The smallest absolute Gasteiger partial charge is 0.264 e. The quantitative estimate of drug-likeness (QED) is 0.457. The summed E-state index contributed by atoms with van der Waals surface area (Å²) in [6.45, 7) is 0. The first kappa shape index (κ1) is 12.1. The van der Waals surface area contributed by atoms with E-state index in [1.807, 2.05) is 0 Å². The van der Waals surface area contributed by atoms with Gasteiger partial charge in [-0.15, -0.1) is 12.8 Å². The minimum Gasteiger partial charge on any atom is -0.264 e. The predicted octanol–water partition coefficient (Wildman–Crippen LogP) is 3.15. The number of nitrogens with zero attached hydrogens (tertiary/aromatic N) is 2. The molecule has 0 aliphatic heterocycles. The molecular weight excluding hydrogens is 272 g/mol. The Balaban J connectivity index is 0.000000606. The first-order valence-electron chi connectivity index (χ1n) is 4.20. The number of pyridine rings is 1. The third kappa shape index (κ3) is 2.18. The number of halogens is 1. The average Bonchev–Trinajstić information content (AvgIpc) is 2.32. The molecule has 1 heterocycles. The molecular formula is C11H7BrN2O2. The standard InChI is InChI=1S/C9H5BrN2O2.C2H2/c10-8-1-2-9(12(13)14)7-5-11-4-3-6(7)8;1-2/h1-5H;1-2H. The van der Waals surface area contributed by atoms with Crippen LogP contribution in [0.2, 0.25) is 0 Å².